The van der Waals surface area contributed by atoms with Crippen LogP contribution in [0.15, 0.2) is 74.6 Å². The van der Waals surface area contributed by atoms with Crippen molar-refractivity contribution in [2.45, 2.75) is 6.92 Å². The predicted molar refractivity (Wildman–Crippen MR) is 113 cm³/mol. The Morgan fingerprint density at radius 3 is 2.68 bits per heavy atom. The highest BCUT2D eigenvalue weighted by molar-refractivity contribution is 5.96. The number of carbonyl (C=O) groups excluding carboxylic acids is 1. The number of amides is 1. The van der Waals surface area contributed by atoms with Crippen LogP contribution in [0.25, 0.3) is 22.3 Å². The summed E-state index contributed by atoms with van der Waals surface area (Å²) >= 11 is 0. The fraction of sp³-hybridized carbons (Fsp3) is 0.0909. The first-order chi connectivity index (χ1) is 15.0. The molecule has 2 aromatic carbocycles. The molecule has 9 heteroatoms. The molecule has 0 aliphatic rings. The summed E-state index contributed by atoms with van der Waals surface area (Å²) in [6, 6.07) is 16.3. The number of fused-ring (bicyclic) bond motifs is 1. The fourth-order valence-corrected chi connectivity index (χ4v) is 2.92. The molecule has 2 heterocycles. The van der Waals surface area contributed by atoms with Gasteiger partial charge >= 0.3 is 5.91 Å². The third-order valence-electron chi connectivity index (χ3n) is 4.37. The van der Waals surface area contributed by atoms with Crippen molar-refractivity contribution in [3.05, 3.63) is 82.3 Å². The average Bonchev–Trinajstić information content (AvgIpc) is 3.41. The number of carbonyl (C=O) groups is 1. The van der Waals surface area contributed by atoms with Crippen LogP contribution in [0.2, 0.25) is 0 Å². The molecule has 0 saturated heterocycles. The van der Waals surface area contributed by atoms with Crippen molar-refractivity contribution >= 4 is 28.8 Å². The first-order valence-electron chi connectivity index (χ1n) is 9.38. The lowest BCUT2D eigenvalue weighted by molar-refractivity contribution is -0.384. The summed E-state index contributed by atoms with van der Waals surface area (Å²) in [6.45, 7) is 2.44. The highest BCUT2D eigenvalue weighted by atomic mass is 16.6. The molecule has 156 valence electrons. The van der Waals surface area contributed by atoms with E-state index in [0.717, 1.165) is 5.39 Å². The summed E-state index contributed by atoms with van der Waals surface area (Å²) in [5.41, 5.74) is 3.64. The lowest BCUT2D eigenvalue weighted by Crippen LogP contribution is -2.16. The van der Waals surface area contributed by atoms with Crippen LogP contribution in [0.3, 0.4) is 0 Å². The second-order valence-corrected chi connectivity index (χ2v) is 6.45. The van der Waals surface area contributed by atoms with E-state index in [1.165, 1.54) is 18.3 Å². The number of non-ortho nitro benzene ring substituents is 1. The number of nitrogens with one attached hydrogen (secondary N) is 1. The molecule has 0 aliphatic heterocycles. The van der Waals surface area contributed by atoms with Crippen LogP contribution in [0.5, 0.6) is 5.75 Å². The Morgan fingerprint density at radius 1 is 1.13 bits per heavy atom. The molecule has 0 bridgehead atoms. The fourth-order valence-electron chi connectivity index (χ4n) is 2.92. The normalized spacial score (nSPS) is 11.1. The van der Waals surface area contributed by atoms with Crippen molar-refractivity contribution in [3.8, 4) is 17.1 Å². The summed E-state index contributed by atoms with van der Waals surface area (Å²) in [6.07, 6.45) is 1.35. The molecule has 0 aliphatic carbocycles. The van der Waals surface area contributed by atoms with Crippen LogP contribution in [-0.2, 0) is 0 Å². The number of nitro benzene ring substituents is 1. The predicted octanol–water partition coefficient (Wildman–Crippen LogP) is 4.76. The van der Waals surface area contributed by atoms with Crippen LogP contribution in [-0.4, -0.2) is 23.7 Å². The molecule has 31 heavy (non-hydrogen) atoms. The van der Waals surface area contributed by atoms with Gasteiger partial charge in [0.1, 0.15) is 22.9 Å². The molecule has 9 nitrogen and oxygen atoms in total. The van der Waals surface area contributed by atoms with E-state index in [-0.39, 0.29) is 11.4 Å². The van der Waals surface area contributed by atoms with E-state index in [4.69, 9.17) is 13.6 Å². The van der Waals surface area contributed by atoms with Gasteiger partial charge < -0.3 is 13.6 Å². The monoisotopic (exact) mass is 419 g/mol. The summed E-state index contributed by atoms with van der Waals surface area (Å²) in [4.78, 5) is 22.6. The zero-order valence-corrected chi connectivity index (χ0v) is 16.4. The van der Waals surface area contributed by atoms with Crippen molar-refractivity contribution in [3.63, 3.8) is 0 Å². The molecule has 0 radical (unpaired) electrons. The molecule has 0 saturated carbocycles. The Balaban J connectivity index is 1.41. The molecule has 0 fully saturated rings. The molecule has 1 N–H and O–H groups in total. The van der Waals surface area contributed by atoms with Crippen LogP contribution in [0.4, 0.5) is 5.69 Å². The number of rotatable bonds is 7. The zero-order chi connectivity index (χ0) is 21.8. The quantitative estimate of drug-likeness (QED) is 0.262. The Morgan fingerprint density at radius 2 is 1.94 bits per heavy atom. The Labute approximate surface area is 176 Å². The maximum Gasteiger partial charge on any atom is 0.307 e. The van der Waals surface area contributed by atoms with E-state index < -0.39 is 10.8 Å². The van der Waals surface area contributed by atoms with Gasteiger partial charge in [-0.05, 0) is 55.5 Å². The second kappa shape index (κ2) is 8.54. The number of hydrogen-bond donors (Lipinski definition) is 1. The number of hydrogen-bond acceptors (Lipinski definition) is 7. The van der Waals surface area contributed by atoms with Gasteiger partial charge in [0.2, 0.25) is 0 Å². The second-order valence-electron chi connectivity index (χ2n) is 6.45. The molecule has 0 spiro atoms. The van der Waals surface area contributed by atoms with Gasteiger partial charge in [-0.15, -0.1) is 0 Å². The van der Waals surface area contributed by atoms with Gasteiger partial charge in [-0.25, -0.2) is 5.43 Å². The highest BCUT2D eigenvalue weighted by Gasteiger charge is 2.12. The van der Waals surface area contributed by atoms with Crippen LogP contribution in [0.1, 0.15) is 23.2 Å². The number of benzene rings is 2. The minimum Gasteiger partial charge on any atom is -0.494 e. The smallest absolute Gasteiger partial charge is 0.307 e. The zero-order valence-electron chi connectivity index (χ0n) is 16.4. The third kappa shape index (κ3) is 4.45. The van der Waals surface area contributed by atoms with Gasteiger partial charge in [0.05, 0.1) is 17.7 Å². The first-order valence-corrected chi connectivity index (χ1v) is 9.38. The van der Waals surface area contributed by atoms with E-state index in [0.29, 0.717) is 35.0 Å². The molecule has 2 aromatic heterocycles. The Hall–Kier alpha value is -4.40. The Bertz CT molecular complexity index is 1270. The van der Waals surface area contributed by atoms with Gasteiger partial charge in [0.15, 0.2) is 5.76 Å². The van der Waals surface area contributed by atoms with Gasteiger partial charge in [0, 0.05) is 23.1 Å². The van der Waals surface area contributed by atoms with Crippen LogP contribution < -0.4 is 10.2 Å². The summed E-state index contributed by atoms with van der Waals surface area (Å²) < 4.78 is 16.6. The largest absolute Gasteiger partial charge is 0.494 e. The van der Waals surface area contributed by atoms with E-state index in [1.807, 2.05) is 6.92 Å². The van der Waals surface area contributed by atoms with Crippen molar-refractivity contribution in [1.82, 2.24) is 5.43 Å². The van der Waals surface area contributed by atoms with Crippen molar-refractivity contribution in [2.24, 2.45) is 5.10 Å². The summed E-state index contributed by atoms with van der Waals surface area (Å²) in [5, 5.41) is 15.4. The standard InChI is InChI=1S/C22H17N3O6/c1-2-29-17-7-9-20-15(11-17)12-21(31-20)22(26)24-23-13-18-8-10-19(30-18)14-3-5-16(6-4-14)25(27)28/h3-13H,2H2,1H3,(H,24,26)/b23-13-. The number of furan rings is 2. The van der Waals surface area contributed by atoms with E-state index >= 15 is 0 Å². The van der Waals surface area contributed by atoms with Crippen LogP contribution >= 0.6 is 0 Å². The maximum atomic E-state index is 12.3. The number of ether oxygens (including phenoxy) is 1. The molecule has 1 amide bonds. The van der Waals surface area contributed by atoms with Crippen molar-refractivity contribution in [1.29, 1.82) is 0 Å². The van der Waals surface area contributed by atoms with E-state index in [9.17, 15) is 14.9 Å². The number of nitrogens with zero attached hydrogens (tertiary/aromatic N) is 2. The van der Waals surface area contributed by atoms with Crippen molar-refractivity contribution in [2.75, 3.05) is 6.61 Å². The maximum absolute atomic E-state index is 12.3. The van der Waals surface area contributed by atoms with Crippen LogP contribution in [0, 0.1) is 10.1 Å². The summed E-state index contributed by atoms with van der Waals surface area (Å²) in [5.74, 6) is 1.23. The van der Waals surface area contributed by atoms with E-state index in [1.54, 1.807) is 48.5 Å². The first kappa shape index (κ1) is 19.9. The minimum atomic E-state index is -0.507. The molecule has 4 aromatic rings. The summed E-state index contributed by atoms with van der Waals surface area (Å²) in [7, 11) is 0. The molecule has 0 atom stereocenters. The van der Waals surface area contributed by atoms with Gasteiger partial charge in [-0.3, -0.25) is 14.9 Å². The van der Waals surface area contributed by atoms with Gasteiger partial charge in [-0.2, -0.15) is 5.10 Å². The van der Waals surface area contributed by atoms with Crippen molar-refractivity contribution < 1.29 is 23.3 Å². The molecule has 4 rings (SSSR count). The molecule has 0 unspecified atom stereocenters. The Kier molecular flexibility index (Phi) is 5.48. The van der Waals surface area contributed by atoms with E-state index in [2.05, 4.69) is 10.5 Å². The third-order valence-corrected chi connectivity index (χ3v) is 4.37. The SMILES string of the molecule is CCOc1ccc2oc(C(=O)N/N=C\c3ccc(-c4ccc([N+](=O)[O-])cc4)o3)cc2c1. The van der Waals surface area contributed by atoms with Gasteiger partial charge in [0.25, 0.3) is 5.69 Å². The lowest BCUT2D eigenvalue weighted by atomic mass is 10.1. The van der Waals surface area contributed by atoms with Gasteiger partial charge in [-0.1, -0.05) is 0 Å². The number of hydrazone groups is 1. The highest BCUT2D eigenvalue weighted by Crippen LogP contribution is 2.25. The molecular formula is C22H17N3O6. The average molecular weight is 419 g/mol. The molecular weight excluding hydrogens is 402 g/mol. The number of nitro groups is 1. The topological polar surface area (TPSA) is 120 Å². The minimum absolute atomic E-state index is 0.000458. The lowest BCUT2D eigenvalue weighted by Gasteiger charge is -2.00.